The fourth-order valence-electron chi connectivity index (χ4n) is 7.15. The summed E-state index contributed by atoms with van der Waals surface area (Å²) in [5.41, 5.74) is 7.38. The second-order valence-corrected chi connectivity index (χ2v) is 10.8. The average molecular weight is 547 g/mol. The Kier molecular flexibility index (Phi) is 5.47. The van der Waals surface area contributed by atoms with Crippen LogP contribution in [0.15, 0.2) is 77.9 Å². The van der Waals surface area contributed by atoms with Crippen LogP contribution in [0.5, 0.6) is 5.75 Å². The predicted octanol–water partition coefficient (Wildman–Crippen LogP) is 5.24. The van der Waals surface area contributed by atoms with E-state index in [-0.39, 0.29) is 29.3 Å². The molecule has 3 aromatic carbocycles. The summed E-state index contributed by atoms with van der Waals surface area (Å²) in [5, 5.41) is 16.8. The van der Waals surface area contributed by atoms with Crippen LogP contribution in [0, 0.1) is 35.8 Å². The summed E-state index contributed by atoms with van der Waals surface area (Å²) in [6, 6.07) is 22.6. The Labute approximate surface area is 235 Å². The number of hydrogen-bond acceptors (Lipinski definition) is 6. The molecule has 1 saturated heterocycles. The number of aryl methyl sites for hydroxylation is 1. The lowest BCUT2D eigenvalue weighted by molar-refractivity contribution is -0.384. The summed E-state index contributed by atoms with van der Waals surface area (Å²) in [7, 11) is 1.47. The van der Waals surface area contributed by atoms with E-state index in [0.29, 0.717) is 17.0 Å². The van der Waals surface area contributed by atoms with Gasteiger partial charge in [-0.1, -0.05) is 48.5 Å². The Morgan fingerprint density at radius 1 is 0.854 bits per heavy atom. The van der Waals surface area contributed by atoms with Gasteiger partial charge in [-0.15, -0.1) is 0 Å². The van der Waals surface area contributed by atoms with Crippen molar-refractivity contribution < 1.29 is 19.2 Å². The second-order valence-electron chi connectivity index (χ2n) is 10.8. The number of hydrogen-bond donors (Lipinski definition) is 0. The molecule has 4 aliphatic rings. The van der Waals surface area contributed by atoms with Gasteiger partial charge >= 0.3 is 0 Å². The van der Waals surface area contributed by atoms with Crippen LogP contribution in [0.4, 0.5) is 5.69 Å². The summed E-state index contributed by atoms with van der Waals surface area (Å²) < 4.78 is 7.36. The smallest absolute Gasteiger partial charge is 0.273 e. The molecule has 8 rings (SSSR count). The number of carbonyl (C=O) groups excluding carboxylic acids is 2. The molecule has 9 heteroatoms. The zero-order chi connectivity index (χ0) is 28.6. The Balaban J connectivity index is 1.25. The zero-order valence-corrected chi connectivity index (χ0v) is 22.6. The van der Waals surface area contributed by atoms with Crippen molar-refractivity contribution in [3.63, 3.8) is 0 Å². The van der Waals surface area contributed by atoms with Crippen LogP contribution < -0.4 is 4.74 Å². The van der Waals surface area contributed by atoms with Gasteiger partial charge in [-0.2, -0.15) is 10.1 Å². The molecule has 1 aromatic heterocycles. The number of nitro benzene ring substituents is 1. The number of amides is 2. The number of nitrogens with zero attached hydrogens (tertiary/aromatic N) is 4. The quantitative estimate of drug-likeness (QED) is 0.147. The first-order valence-corrected chi connectivity index (χ1v) is 13.4. The largest absolute Gasteiger partial charge is 0.494 e. The molecule has 2 amide bonds. The molecule has 0 spiro atoms. The van der Waals surface area contributed by atoms with E-state index >= 15 is 0 Å². The Morgan fingerprint density at radius 2 is 1.39 bits per heavy atom. The maximum Gasteiger partial charge on any atom is 0.273 e. The lowest BCUT2D eigenvalue weighted by Gasteiger charge is -2.45. The van der Waals surface area contributed by atoms with Crippen LogP contribution in [-0.2, 0) is 9.59 Å². The summed E-state index contributed by atoms with van der Waals surface area (Å²) in [4.78, 5) is 38.5. The van der Waals surface area contributed by atoms with Crippen molar-refractivity contribution in [2.75, 3.05) is 7.11 Å². The number of hydrazone groups is 1. The fraction of sp³-hybridized carbons (Fsp3) is 0.219. The number of imide groups is 1. The minimum absolute atomic E-state index is 0.0689. The van der Waals surface area contributed by atoms with Crippen molar-refractivity contribution in [1.82, 2.24) is 9.58 Å². The van der Waals surface area contributed by atoms with E-state index in [0.717, 1.165) is 38.7 Å². The predicted molar refractivity (Wildman–Crippen MR) is 151 cm³/mol. The normalized spacial score (nSPS) is 22.2. The number of non-ortho nitro benzene ring substituents is 1. The van der Waals surface area contributed by atoms with Gasteiger partial charge < -0.3 is 9.30 Å². The van der Waals surface area contributed by atoms with Crippen molar-refractivity contribution in [2.45, 2.75) is 25.7 Å². The van der Waals surface area contributed by atoms with Crippen molar-refractivity contribution in [3.8, 4) is 11.4 Å². The van der Waals surface area contributed by atoms with Crippen LogP contribution in [0.1, 0.15) is 51.0 Å². The SMILES string of the molecule is COc1cc([N+](=O)[O-])ccc1-n1c(C)cc(/C=N\N2C(=O)[C@H]3C4c5ccccc5C(c5ccccc54)[C@@H]3C2=O)c1C. The van der Waals surface area contributed by atoms with Gasteiger partial charge in [-0.05, 0) is 48.2 Å². The third-order valence-electron chi connectivity index (χ3n) is 8.82. The molecule has 0 N–H and O–H groups in total. The molecule has 2 bridgehead atoms. The molecule has 0 unspecified atom stereocenters. The maximum absolute atomic E-state index is 13.8. The minimum atomic E-state index is -0.494. The molecule has 41 heavy (non-hydrogen) atoms. The van der Waals surface area contributed by atoms with Crippen LogP contribution in [0.3, 0.4) is 0 Å². The fourth-order valence-corrected chi connectivity index (χ4v) is 7.15. The Bertz CT molecular complexity index is 1710. The second kappa shape index (κ2) is 8.99. The molecule has 0 radical (unpaired) electrons. The monoisotopic (exact) mass is 546 g/mol. The number of rotatable bonds is 5. The van der Waals surface area contributed by atoms with E-state index in [1.54, 1.807) is 12.3 Å². The first kappa shape index (κ1) is 25.0. The van der Waals surface area contributed by atoms with E-state index in [2.05, 4.69) is 29.4 Å². The van der Waals surface area contributed by atoms with Crippen molar-refractivity contribution >= 4 is 23.7 Å². The highest BCUT2D eigenvalue weighted by atomic mass is 16.6. The van der Waals surface area contributed by atoms with E-state index in [1.807, 2.05) is 48.7 Å². The number of nitro groups is 1. The number of aromatic nitrogens is 1. The molecule has 4 aromatic rings. The first-order valence-electron chi connectivity index (χ1n) is 13.4. The lowest BCUT2D eigenvalue weighted by Crippen LogP contribution is -2.41. The van der Waals surface area contributed by atoms with E-state index in [1.165, 1.54) is 19.2 Å². The molecular formula is C32H26N4O5. The number of ether oxygens (including phenoxy) is 1. The van der Waals surface area contributed by atoms with E-state index in [9.17, 15) is 19.7 Å². The number of methoxy groups -OCH3 is 1. The van der Waals surface area contributed by atoms with Gasteiger partial charge in [0.1, 0.15) is 5.75 Å². The highest BCUT2D eigenvalue weighted by Crippen LogP contribution is 2.61. The third kappa shape index (κ3) is 3.45. The Morgan fingerprint density at radius 3 is 1.88 bits per heavy atom. The molecule has 2 heterocycles. The van der Waals surface area contributed by atoms with Gasteiger partial charge in [-0.25, -0.2) is 0 Å². The number of benzene rings is 3. The van der Waals surface area contributed by atoms with Gasteiger partial charge in [-0.3, -0.25) is 19.7 Å². The van der Waals surface area contributed by atoms with Gasteiger partial charge in [0.05, 0.1) is 41.8 Å². The highest BCUT2D eigenvalue weighted by Gasteiger charge is 2.61. The third-order valence-corrected chi connectivity index (χ3v) is 8.82. The van der Waals surface area contributed by atoms with Gasteiger partial charge in [0.2, 0.25) is 0 Å². The molecule has 2 atom stereocenters. The molecule has 9 nitrogen and oxygen atoms in total. The summed E-state index contributed by atoms with van der Waals surface area (Å²) in [6.45, 7) is 3.79. The van der Waals surface area contributed by atoms with E-state index in [4.69, 9.17) is 4.74 Å². The molecule has 0 saturated carbocycles. The van der Waals surface area contributed by atoms with Crippen LogP contribution in [0.25, 0.3) is 5.69 Å². The van der Waals surface area contributed by atoms with Gasteiger partial charge in [0.15, 0.2) is 0 Å². The molecule has 204 valence electrons. The molecule has 1 fully saturated rings. The summed E-state index contributed by atoms with van der Waals surface area (Å²) >= 11 is 0. The van der Waals surface area contributed by atoms with Crippen LogP contribution >= 0.6 is 0 Å². The molecule has 1 aliphatic heterocycles. The van der Waals surface area contributed by atoms with Crippen LogP contribution in [0.2, 0.25) is 0 Å². The standard InChI is InChI=1S/C32H26N4O5/c1-17-14-19(18(2)34(17)25-13-12-20(36(39)40)15-26(25)41-3)16-33-35-31(37)29-27-21-8-4-5-9-22(21)28(30(29)32(35)38)24-11-7-6-10-23(24)27/h4-16,27-30H,1-3H3/b33-16-/t27?,28?,29-,30-/m0/s1. The minimum Gasteiger partial charge on any atom is -0.494 e. The van der Waals surface area contributed by atoms with Crippen LogP contribution in [-0.4, -0.2) is 39.6 Å². The maximum atomic E-state index is 13.8. The zero-order valence-electron chi connectivity index (χ0n) is 22.6. The summed E-state index contributed by atoms with van der Waals surface area (Å²) in [6.07, 6.45) is 1.55. The summed E-state index contributed by atoms with van der Waals surface area (Å²) in [5.74, 6) is -1.56. The topological polar surface area (TPSA) is 107 Å². The lowest BCUT2D eigenvalue weighted by atomic mass is 9.55. The van der Waals surface area contributed by atoms with Gasteiger partial charge in [0, 0.05) is 34.9 Å². The highest BCUT2D eigenvalue weighted by molar-refractivity contribution is 6.08. The van der Waals surface area contributed by atoms with Gasteiger partial charge in [0.25, 0.3) is 17.5 Å². The number of carbonyl (C=O) groups is 2. The van der Waals surface area contributed by atoms with E-state index < -0.39 is 16.8 Å². The Hall–Kier alpha value is -5.05. The van der Waals surface area contributed by atoms with Crippen molar-refractivity contribution in [1.29, 1.82) is 0 Å². The average Bonchev–Trinajstić information content (AvgIpc) is 3.41. The molecule has 3 aliphatic carbocycles. The first-order chi connectivity index (χ1) is 19.8. The van der Waals surface area contributed by atoms with Crippen molar-refractivity contribution in [3.05, 3.63) is 122 Å². The molecular weight excluding hydrogens is 520 g/mol. The van der Waals surface area contributed by atoms with Crippen molar-refractivity contribution in [2.24, 2.45) is 16.9 Å².